The maximum atomic E-state index is 13.9. The highest BCUT2D eigenvalue weighted by molar-refractivity contribution is 5.98. The fourth-order valence-electron chi connectivity index (χ4n) is 4.16. The number of fused-ring (bicyclic) bond motifs is 1. The second-order valence-corrected chi connectivity index (χ2v) is 8.31. The molecule has 1 fully saturated rings. The molecule has 3 N–H and O–H groups in total. The predicted molar refractivity (Wildman–Crippen MR) is 125 cm³/mol. The maximum Gasteiger partial charge on any atom is 0.268 e. The normalized spacial score (nSPS) is 15.5. The number of aryl methyl sites for hydroxylation is 1. The van der Waals surface area contributed by atoms with Crippen molar-refractivity contribution in [3.05, 3.63) is 71.9 Å². The summed E-state index contributed by atoms with van der Waals surface area (Å²) >= 11 is 0. The summed E-state index contributed by atoms with van der Waals surface area (Å²) in [4.78, 5) is 19.5. The standard InChI is InChI=1S/C24H26FN7O2/c1-30-21(23(33)27-13-17-4-2-3-5-19(17)25)12-16-6-7-20(29-22(16)30)18-14-28-32(15-18)24(34)31-10-8-26-9-11-31/h2-7,12,14-15,24,26,34H,8-11,13H2,1H3,(H,27,33). The van der Waals surface area contributed by atoms with E-state index >= 15 is 0 Å². The van der Waals surface area contributed by atoms with E-state index in [1.54, 1.807) is 48.3 Å². The second kappa shape index (κ2) is 9.34. The fourth-order valence-corrected chi connectivity index (χ4v) is 4.16. The van der Waals surface area contributed by atoms with E-state index in [9.17, 15) is 14.3 Å². The zero-order chi connectivity index (χ0) is 23.7. The topological polar surface area (TPSA) is 100 Å². The summed E-state index contributed by atoms with van der Waals surface area (Å²) < 4.78 is 17.1. The minimum atomic E-state index is -0.834. The van der Waals surface area contributed by atoms with Crippen molar-refractivity contribution >= 4 is 16.9 Å². The maximum absolute atomic E-state index is 13.9. The Hall–Kier alpha value is -3.60. The van der Waals surface area contributed by atoms with Gasteiger partial charge in [-0.05, 0) is 24.3 Å². The number of carbonyl (C=O) groups excluding carboxylic acids is 1. The summed E-state index contributed by atoms with van der Waals surface area (Å²) in [5, 5.41) is 21.8. The lowest BCUT2D eigenvalue weighted by Crippen LogP contribution is -2.46. The van der Waals surface area contributed by atoms with Gasteiger partial charge in [-0.2, -0.15) is 5.10 Å². The molecule has 1 unspecified atom stereocenters. The summed E-state index contributed by atoms with van der Waals surface area (Å²) in [6.45, 7) is 3.23. The number of amides is 1. The van der Waals surface area contributed by atoms with Crippen molar-refractivity contribution < 1.29 is 14.3 Å². The van der Waals surface area contributed by atoms with Crippen LogP contribution in [0.3, 0.4) is 0 Å². The van der Waals surface area contributed by atoms with Gasteiger partial charge in [0.25, 0.3) is 5.91 Å². The lowest BCUT2D eigenvalue weighted by Gasteiger charge is -2.31. The van der Waals surface area contributed by atoms with Crippen LogP contribution in [0.5, 0.6) is 0 Å². The third kappa shape index (κ3) is 4.30. The van der Waals surface area contributed by atoms with Crippen molar-refractivity contribution in [2.45, 2.75) is 12.9 Å². The predicted octanol–water partition coefficient (Wildman–Crippen LogP) is 1.86. The minimum Gasteiger partial charge on any atom is -0.359 e. The summed E-state index contributed by atoms with van der Waals surface area (Å²) in [5.41, 5.74) is 2.95. The number of piperazine rings is 1. The largest absolute Gasteiger partial charge is 0.359 e. The second-order valence-electron chi connectivity index (χ2n) is 8.31. The van der Waals surface area contributed by atoms with E-state index in [0.29, 0.717) is 22.6 Å². The Bertz CT molecular complexity index is 1330. The first-order chi connectivity index (χ1) is 16.5. The molecule has 0 aliphatic carbocycles. The van der Waals surface area contributed by atoms with Crippen LogP contribution in [0.25, 0.3) is 22.3 Å². The van der Waals surface area contributed by atoms with Gasteiger partial charge in [0, 0.05) is 62.5 Å². The van der Waals surface area contributed by atoms with Crippen LogP contribution in [0.1, 0.15) is 22.4 Å². The molecule has 3 aromatic heterocycles. The first-order valence-corrected chi connectivity index (χ1v) is 11.2. The third-order valence-corrected chi connectivity index (χ3v) is 6.12. The van der Waals surface area contributed by atoms with Gasteiger partial charge < -0.3 is 20.3 Å². The van der Waals surface area contributed by atoms with E-state index in [1.165, 1.54) is 10.7 Å². The Morgan fingerprint density at radius 3 is 2.82 bits per heavy atom. The molecule has 5 rings (SSSR count). The molecule has 0 spiro atoms. The first kappa shape index (κ1) is 22.2. The van der Waals surface area contributed by atoms with Gasteiger partial charge in [-0.1, -0.05) is 18.2 Å². The molecule has 4 heterocycles. The number of hydrogen-bond donors (Lipinski definition) is 3. The van der Waals surface area contributed by atoms with Crippen molar-refractivity contribution in [2.75, 3.05) is 26.2 Å². The van der Waals surface area contributed by atoms with E-state index < -0.39 is 6.35 Å². The van der Waals surface area contributed by atoms with Crippen LogP contribution in [-0.2, 0) is 13.6 Å². The molecule has 10 heteroatoms. The van der Waals surface area contributed by atoms with Gasteiger partial charge in [0.1, 0.15) is 17.2 Å². The molecule has 176 valence electrons. The number of aliphatic hydroxyl groups is 1. The monoisotopic (exact) mass is 463 g/mol. The van der Waals surface area contributed by atoms with Crippen molar-refractivity contribution in [1.29, 1.82) is 0 Å². The molecule has 0 saturated carbocycles. The Morgan fingerprint density at radius 1 is 1.24 bits per heavy atom. The number of aliphatic hydroxyl groups excluding tert-OH is 1. The molecule has 1 atom stereocenters. The molecule has 1 aliphatic heterocycles. The lowest BCUT2D eigenvalue weighted by molar-refractivity contribution is -0.0684. The molecule has 4 aromatic rings. The van der Waals surface area contributed by atoms with Crippen LogP contribution < -0.4 is 10.6 Å². The molecule has 1 aromatic carbocycles. The number of nitrogens with zero attached hydrogens (tertiary/aromatic N) is 5. The van der Waals surface area contributed by atoms with Gasteiger partial charge in [-0.3, -0.25) is 9.69 Å². The summed E-state index contributed by atoms with van der Waals surface area (Å²) in [7, 11) is 1.77. The Morgan fingerprint density at radius 2 is 2.03 bits per heavy atom. The summed E-state index contributed by atoms with van der Waals surface area (Å²) in [5.74, 6) is -0.661. The smallest absolute Gasteiger partial charge is 0.268 e. The van der Waals surface area contributed by atoms with Crippen LogP contribution >= 0.6 is 0 Å². The molecular weight excluding hydrogens is 437 g/mol. The Balaban J connectivity index is 1.35. The van der Waals surface area contributed by atoms with Crippen LogP contribution in [0.15, 0.2) is 54.9 Å². The van der Waals surface area contributed by atoms with Crippen molar-refractivity contribution in [3.63, 3.8) is 0 Å². The molecule has 34 heavy (non-hydrogen) atoms. The summed E-state index contributed by atoms with van der Waals surface area (Å²) in [6.07, 6.45) is 2.61. The zero-order valence-corrected chi connectivity index (χ0v) is 18.8. The third-order valence-electron chi connectivity index (χ3n) is 6.12. The van der Waals surface area contributed by atoms with E-state index in [4.69, 9.17) is 4.98 Å². The van der Waals surface area contributed by atoms with Crippen molar-refractivity contribution in [2.24, 2.45) is 7.05 Å². The van der Waals surface area contributed by atoms with E-state index in [2.05, 4.69) is 15.7 Å². The van der Waals surface area contributed by atoms with Crippen molar-refractivity contribution in [3.8, 4) is 11.3 Å². The van der Waals surface area contributed by atoms with Gasteiger partial charge in [0.05, 0.1) is 11.9 Å². The molecule has 1 aliphatic rings. The minimum absolute atomic E-state index is 0.0975. The van der Waals surface area contributed by atoms with Gasteiger partial charge in [0.15, 0.2) is 0 Å². The molecular formula is C24H26FN7O2. The highest BCUT2D eigenvalue weighted by atomic mass is 19.1. The van der Waals surface area contributed by atoms with E-state index in [-0.39, 0.29) is 18.3 Å². The summed E-state index contributed by atoms with van der Waals surface area (Å²) in [6, 6.07) is 11.9. The average Bonchev–Trinajstić information content (AvgIpc) is 3.48. The fraction of sp³-hybridized carbons (Fsp3) is 0.292. The molecule has 1 amide bonds. The van der Waals surface area contributed by atoms with Crippen LogP contribution in [0, 0.1) is 5.82 Å². The number of pyridine rings is 1. The average molecular weight is 464 g/mol. The Kier molecular flexibility index (Phi) is 6.10. The number of hydrogen-bond acceptors (Lipinski definition) is 6. The highest BCUT2D eigenvalue weighted by Gasteiger charge is 2.21. The number of aromatic nitrogens is 4. The molecule has 0 bridgehead atoms. The molecule has 0 radical (unpaired) electrons. The SMILES string of the molecule is Cn1c(C(=O)NCc2ccccc2F)cc2ccc(-c3cnn(C(O)N4CCNCC4)c3)nc21. The lowest BCUT2D eigenvalue weighted by atomic mass is 10.2. The van der Waals surface area contributed by atoms with Crippen LogP contribution in [-0.4, -0.2) is 61.4 Å². The van der Waals surface area contributed by atoms with Gasteiger partial charge in [-0.15, -0.1) is 0 Å². The number of halogens is 1. The van der Waals surface area contributed by atoms with Crippen molar-refractivity contribution in [1.82, 2.24) is 34.9 Å². The number of benzene rings is 1. The van der Waals surface area contributed by atoms with E-state index in [1.807, 2.05) is 17.0 Å². The van der Waals surface area contributed by atoms with Gasteiger partial charge in [0.2, 0.25) is 6.35 Å². The highest BCUT2D eigenvalue weighted by Crippen LogP contribution is 2.24. The molecule has 9 nitrogen and oxygen atoms in total. The van der Waals surface area contributed by atoms with Gasteiger partial charge in [-0.25, -0.2) is 14.1 Å². The Labute approximate surface area is 195 Å². The van der Waals surface area contributed by atoms with E-state index in [0.717, 1.165) is 37.1 Å². The quantitative estimate of drug-likeness (QED) is 0.404. The number of rotatable bonds is 6. The zero-order valence-electron chi connectivity index (χ0n) is 18.8. The molecule has 1 saturated heterocycles. The first-order valence-electron chi connectivity index (χ1n) is 11.2. The van der Waals surface area contributed by atoms with Gasteiger partial charge >= 0.3 is 0 Å². The van der Waals surface area contributed by atoms with Crippen LogP contribution in [0.2, 0.25) is 0 Å². The number of nitrogens with one attached hydrogen (secondary N) is 2. The number of carbonyl (C=O) groups is 1. The van der Waals surface area contributed by atoms with Crippen LogP contribution in [0.4, 0.5) is 4.39 Å².